The maximum Gasteiger partial charge on any atom is 0.166 e. The van der Waals surface area contributed by atoms with Crippen LogP contribution in [0.1, 0.15) is 26.7 Å². The minimum Gasteiger partial charge on any atom is -0.351 e. The van der Waals surface area contributed by atoms with Gasteiger partial charge >= 0.3 is 0 Å². The topological polar surface area (TPSA) is 28.2 Å². The zero-order chi connectivity index (χ0) is 13.8. The Morgan fingerprint density at radius 3 is 2.95 bits per heavy atom. The van der Waals surface area contributed by atoms with Crippen LogP contribution in [0, 0.1) is 11.7 Å². The number of rotatable bonds is 4. The summed E-state index contributed by atoms with van der Waals surface area (Å²) >= 11 is 3.25. The fraction of sp³-hybridized carbons (Fsp3) is 0.643. The molecule has 1 unspecified atom stereocenters. The number of nitrogens with zero attached hydrogens (tertiary/aromatic N) is 2. The number of hydrogen-bond donors (Lipinski definition) is 1. The highest BCUT2D eigenvalue weighted by Crippen LogP contribution is 2.24. The van der Waals surface area contributed by atoms with Gasteiger partial charge in [-0.05, 0) is 67.7 Å². The Balaban J connectivity index is 2.14. The zero-order valence-electron chi connectivity index (χ0n) is 11.5. The lowest BCUT2D eigenvalue weighted by atomic mass is 9.98. The Morgan fingerprint density at radius 1 is 1.58 bits per heavy atom. The summed E-state index contributed by atoms with van der Waals surface area (Å²) in [4.78, 5) is 6.32. The number of hydrogen-bond acceptors (Lipinski definition) is 3. The first-order valence-electron chi connectivity index (χ1n) is 6.86. The lowest BCUT2D eigenvalue weighted by Gasteiger charge is -2.33. The molecule has 0 aliphatic carbocycles. The van der Waals surface area contributed by atoms with Crippen LogP contribution in [0.3, 0.4) is 0 Å². The Labute approximate surface area is 122 Å². The minimum absolute atomic E-state index is 0.241. The molecule has 5 heteroatoms. The van der Waals surface area contributed by atoms with E-state index in [2.05, 4.69) is 45.0 Å². The van der Waals surface area contributed by atoms with Crippen LogP contribution < -0.4 is 10.2 Å². The van der Waals surface area contributed by atoms with Gasteiger partial charge in [-0.1, -0.05) is 0 Å². The summed E-state index contributed by atoms with van der Waals surface area (Å²) < 4.78 is 14.7. The summed E-state index contributed by atoms with van der Waals surface area (Å²) in [7, 11) is 0. The molecule has 19 heavy (non-hydrogen) atoms. The molecular formula is C14H21BrFN3. The lowest BCUT2D eigenvalue weighted by Crippen LogP contribution is -2.42. The maximum absolute atomic E-state index is 14.1. The monoisotopic (exact) mass is 329 g/mol. The lowest BCUT2D eigenvalue weighted by molar-refractivity contribution is 0.369. The van der Waals surface area contributed by atoms with Crippen molar-refractivity contribution in [3.05, 3.63) is 22.6 Å². The van der Waals surface area contributed by atoms with Crippen LogP contribution in [-0.4, -0.2) is 30.7 Å². The van der Waals surface area contributed by atoms with E-state index in [1.807, 2.05) is 0 Å². The Bertz CT molecular complexity index is 419. The molecule has 1 aromatic heterocycles. The average molecular weight is 330 g/mol. The predicted molar refractivity (Wildman–Crippen MR) is 80.0 cm³/mol. The van der Waals surface area contributed by atoms with Gasteiger partial charge in [0.2, 0.25) is 0 Å². The van der Waals surface area contributed by atoms with E-state index in [1.54, 1.807) is 6.20 Å². The van der Waals surface area contributed by atoms with Crippen LogP contribution in [0.5, 0.6) is 0 Å². The number of nitrogens with one attached hydrogen (secondary N) is 1. The van der Waals surface area contributed by atoms with Crippen molar-refractivity contribution in [2.24, 2.45) is 5.92 Å². The third kappa shape index (κ3) is 3.89. The van der Waals surface area contributed by atoms with E-state index in [0.29, 0.717) is 16.2 Å². The molecule has 106 valence electrons. The smallest absolute Gasteiger partial charge is 0.166 e. The van der Waals surface area contributed by atoms with Gasteiger partial charge in [0.1, 0.15) is 0 Å². The second-order valence-corrected chi connectivity index (χ2v) is 6.33. The molecule has 1 atom stereocenters. The van der Waals surface area contributed by atoms with Crippen LogP contribution in [0.4, 0.5) is 10.2 Å². The average Bonchev–Trinajstić information content (AvgIpc) is 2.38. The third-order valence-electron chi connectivity index (χ3n) is 3.54. The van der Waals surface area contributed by atoms with Crippen molar-refractivity contribution in [1.82, 2.24) is 10.3 Å². The van der Waals surface area contributed by atoms with Crippen molar-refractivity contribution in [2.75, 3.05) is 24.5 Å². The fourth-order valence-electron chi connectivity index (χ4n) is 2.52. The van der Waals surface area contributed by atoms with Gasteiger partial charge in [0.25, 0.3) is 0 Å². The van der Waals surface area contributed by atoms with Crippen molar-refractivity contribution in [3.8, 4) is 0 Å². The molecule has 2 heterocycles. The van der Waals surface area contributed by atoms with Gasteiger partial charge < -0.3 is 10.2 Å². The normalized spacial score (nSPS) is 19.7. The standard InChI is InChI=1S/C14H21BrFN3/c1-10(2)19(9-11-4-3-5-17-7-11)14-13(16)6-12(15)8-18-14/h6,8,10-11,17H,3-5,7,9H2,1-2H3. The van der Waals surface area contributed by atoms with Gasteiger partial charge in [0, 0.05) is 23.3 Å². The molecule has 1 aliphatic heterocycles. The molecule has 1 fully saturated rings. The zero-order valence-corrected chi connectivity index (χ0v) is 13.1. The number of halogens is 2. The third-order valence-corrected chi connectivity index (χ3v) is 3.97. The summed E-state index contributed by atoms with van der Waals surface area (Å²) in [6, 6.07) is 1.72. The summed E-state index contributed by atoms with van der Waals surface area (Å²) in [5.74, 6) is 0.775. The molecule has 2 rings (SSSR count). The summed E-state index contributed by atoms with van der Waals surface area (Å²) in [6.45, 7) is 7.14. The number of piperidine rings is 1. The van der Waals surface area contributed by atoms with E-state index in [1.165, 1.54) is 18.9 Å². The molecular weight excluding hydrogens is 309 g/mol. The maximum atomic E-state index is 14.1. The molecule has 1 aliphatic rings. The largest absolute Gasteiger partial charge is 0.351 e. The van der Waals surface area contributed by atoms with Crippen LogP contribution in [0.2, 0.25) is 0 Å². The highest BCUT2D eigenvalue weighted by atomic mass is 79.9. The van der Waals surface area contributed by atoms with Crippen molar-refractivity contribution in [2.45, 2.75) is 32.7 Å². The highest BCUT2D eigenvalue weighted by Gasteiger charge is 2.22. The molecule has 0 aromatic carbocycles. The Kier molecular flexibility index (Phi) is 5.16. The Hall–Kier alpha value is -0.680. The number of aromatic nitrogens is 1. The highest BCUT2D eigenvalue weighted by molar-refractivity contribution is 9.10. The van der Waals surface area contributed by atoms with E-state index >= 15 is 0 Å². The first-order valence-corrected chi connectivity index (χ1v) is 7.65. The van der Waals surface area contributed by atoms with E-state index in [4.69, 9.17) is 0 Å². The number of anilines is 1. The molecule has 1 aromatic rings. The van der Waals surface area contributed by atoms with Gasteiger partial charge in [-0.3, -0.25) is 0 Å². The summed E-state index contributed by atoms with van der Waals surface area (Å²) in [5.41, 5.74) is 0. The van der Waals surface area contributed by atoms with Gasteiger partial charge in [-0.15, -0.1) is 0 Å². The van der Waals surface area contributed by atoms with E-state index in [9.17, 15) is 4.39 Å². The van der Waals surface area contributed by atoms with Crippen molar-refractivity contribution >= 4 is 21.7 Å². The van der Waals surface area contributed by atoms with E-state index in [-0.39, 0.29) is 11.9 Å². The minimum atomic E-state index is -0.258. The number of pyridine rings is 1. The molecule has 0 bridgehead atoms. The van der Waals surface area contributed by atoms with Gasteiger partial charge in [-0.25, -0.2) is 9.37 Å². The fourth-order valence-corrected chi connectivity index (χ4v) is 2.82. The predicted octanol–water partition coefficient (Wildman–Crippen LogP) is 3.20. The van der Waals surface area contributed by atoms with Crippen LogP contribution >= 0.6 is 15.9 Å². The first kappa shape index (κ1) is 14.7. The summed E-state index contributed by atoms with van der Waals surface area (Å²) in [6.07, 6.45) is 4.06. The molecule has 1 N–H and O–H groups in total. The van der Waals surface area contributed by atoms with Crippen molar-refractivity contribution in [1.29, 1.82) is 0 Å². The van der Waals surface area contributed by atoms with Gasteiger partial charge in [0.15, 0.2) is 11.6 Å². The molecule has 1 saturated heterocycles. The quantitative estimate of drug-likeness (QED) is 0.919. The van der Waals surface area contributed by atoms with Crippen molar-refractivity contribution in [3.63, 3.8) is 0 Å². The first-order chi connectivity index (χ1) is 9.08. The van der Waals surface area contributed by atoms with Crippen LogP contribution in [0.25, 0.3) is 0 Å². The van der Waals surface area contributed by atoms with Crippen LogP contribution in [0.15, 0.2) is 16.7 Å². The second-order valence-electron chi connectivity index (χ2n) is 5.42. The molecule has 0 saturated carbocycles. The van der Waals surface area contributed by atoms with Crippen molar-refractivity contribution < 1.29 is 4.39 Å². The molecule has 0 spiro atoms. The Morgan fingerprint density at radius 2 is 2.37 bits per heavy atom. The van der Waals surface area contributed by atoms with Gasteiger partial charge in [0.05, 0.1) is 0 Å². The molecule has 0 radical (unpaired) electrons. The van der Waals surface area contributed by atoms with Gasteiger partial charge in [-0.2, -0.15) is 0 Å². The molecule has 3 nitrogen and oxygen atoms in total. The SMILES string of the molecule is CC(C)N(CC1CCCNC1)c1ncc(Br)cc1F. The van der Waals surface area contributed by atoms with Crippen LogP contribution in [-0.2, 0) is 0 Å². The van der Waals surface area contributed by atoms with E-state index < -0.39 is 0 Å². The second kappa shape index (κ2) is 6.66. The van der Waals surface area contributed by atoms with E-state index in [0.717, 1.165) is 19.6 Å². The molecule has 0 amide bonds. The summed E-state index contributed by atoms with van der Waals surface area (Å²) in [5, 5.41) is 3.41.